The van der Waals surface area contributed by atoms with Gasteiger partial charge in [-0.05, 0) is 24.6 Å². The van der Waals surface area contributed by atoms with Gasteiger partial charge < -0.3 is 15.2 Å². The number of nitrogens with two attached hydrogens (primary N) is 1. The second-order valence-corrected chi connectivity index (χ2v) is 4.61. The first-order valence-corrected chi connectivity index (χ1v) is 6.26. The highest BCUT2D eigenvalue weighted by molar-refractivity contribution is 7.99. The van der Waals surface area contributed by atoms with Crippen LogP contribution < -0.4 is 10.5 Å². The Balaban J connectivity index is 2.37. The summed E-state index contributed by atoms with van der Waals surface area (Å²) in [5.74, 6) is 1.23. The molecule has 4 nitrogen and oxygen atoms in total. The monoisotopic (exact) mass is 255 g/mol. The summed E-state index contributed by atoms with van der Waals surface area (Å²) in [5, 5.41) is 0. The Hall–Kier alpha value is -1.20. The molecule has 1 unspecified atom stereocenters. The van der Waals surface area contributed by atoms with Gasteiger partial charge >= 0.3 is 5.97 Å². The van der Waals surface area contributed by atoms with E-state index in [4.69, 9.17) is 10.5 Å². The van der Waals surface area contributed by atoms with Gasteiger partial charge in [0.05, 0.1) is 14.2 Å². The van der Waals surface area contributed by atoms with E-state index in [0.29, 0.717) is 6.42 Å². The van der Waals surface area contributed by atoms with Crippen LogP contribution >= 0.6 is 11.8 Å². The summed E-state index contributed by atoms with van der Waals surface area (Å²) in [5.41, 5.74) is 5.64. The lowest BCUT2D eigenvalue weighted by molar-refractivity contribution is -0.142. The lowest BCUT2D eigenvalue weighted by atomic mass is 10.2. The molecule has 0 fully saturated rings. The number of hydrogen-bond acceptors (Lipinski definition) is 5. The molecule has 1 aromatic rings. The molecule has 0 aliphatic carbocycles. The largest absolute Gasteiger partial charge is 0.497 e. The van der Waals surface area contributed by atoms with Crippen molar-refractivity contribution in [2.45, 2.75) is 17.4 Å². The molecule has 0 radical (unpaired) electrons. The summed E-state index contributed by atoms with van der Waals surface area (Å²) >= 11 is 1.64. The van der Waals surface area contributed by atoms with Gasteiger partial charge in [-0.2, -0.15) is 0 Å². The quantitative estimate of drug-likeness (QED) is 0.619. The molecule has 0 aliphatic rings. The molecule has 0 bridgehead atoms. The predicted octanol–water partition coefficient (Wildman–Crippen LogP) is 1.68. The second kappa shape index (κ2) is 7.19. The maximum absolute atomic E-state index is 11.1. The average molecular weight is 255 g/mol. The second-order valence-electron chi connectivity index (χ2n) is 3.45. The highest BCUT2D eigenvalue weighted by Gasteiger charge is 2.12. The van der Waals surface area contributed by atoms with Crippen molar-refractivity contribution in [3.8, 4) is 5.75 Å². The van der Waals surface area contributed by atoms with Gasteiger partial charge in [-0.1, -0.05) is 6.07 Å². The van der Waals surface area contributed by atoms with Crippen LogP contribution in [0.3, 0.4) is 0 Å². The van der Waals surface area contributed by atoms with E-state index >= 15 is 0 Å². The van der Waals surface area contributed by atoms with E-state index in [1.54, 1.807) is 18.9 Å². The van der Waals surface area contributed by atoms with Gasteiger partial charge in [-0.25, -0.2) is 0 Å². The van der Waals surface area contributed by atoms with E-state index in [9.17, 15) is 4.79 Å². The molecule has 2 N–H and O–H groups in total. The summed E-state index contributed by atoms with van der Waals surface area (Å²) in [4.78, 5) is 12.2. The Morgan fingerprint density at radius 1 is 1.47 bits per heavy atom. The van der Waals surface area contributed by atoms with Gasteiger partial charge in [0.25, 0.3) is 0 Å². The molecule has 1 aromatic carbocycles. The van der Waals surface area contributed by atoms with Gasteiger partial charge in [0, 0.05) is 10.6 Å². The summed E-state index contributed by atoms with van der Waals surface area (Å²) in [6.07, 6.45) is 0.592. The maximum atomic E-state index is 11.1. The van der Waals surface area contributed by atoms with Crippen LogP contribution in [0.4, 0.5) is 0 Å². The van der Waals surface area contributed by atoms with Crippen LogP contribution in [0, 0.1) is 0 Å². The van der Waals surface area contributed by atoms with E-state index in [-0.39, 0.29) is 5.97 Å². The van der Waals surface area contributed by atoms with E-state index in [1.807, 2.05) is 24.3 Å². The van der Waals surface area contributed by atoms with Gasteiger partial charge in [0.1, 0.15) is 11.8 Å². The molecule has 0 heterocycles. The number of hydrogen-bond donors (Lipinski definition) is 1. The summed E-state index contributed by atoms with van der Waals surface area (Å²) < 4.78 is 9.68. The standard InChI is InChI=1S/C12H17NO3S/c1-15-9-4-3-5-10(8-9)17-7-6-11(13)12(14)16-2/h3-5,8,11H,6-7,13H2,1-2H3. The molecule has 0 aliphatic heterocycles. The molecule has 0 saturated heterocycles. The number of carbonyl (C=O) groups is 1. The van der Waals surface area contributed by atoms with Crippen LogP contribution in [0.15, 0.2) is 29.2 Å². The number of benzene rings is 1. The molecule has 17 heavy (non-hydrogen) atoms. The third-order valence-corrected chi connectivity index (χ3v) is 3.27. The minimum Gasteiger partial charge on any atom is -0.497 e. The summed E-state index contributed by atoms with van der Waals surface area (Å²) in [6, 6.07) is 7.23. The van der Waals surface area contributed by atoms with Crippen LogP contribution in [0.5, 0.6) is 5.75 Å². The molecule has 94 valence electrons. The Labute approximate surface area is 105 Å². The molecular formula is C12H17NO3S. The first-order valence-electron chi connectivity index (χ1n) is 5.27. The zero-order chi connectivity index (χ0) is 12.7. The van der Waals surface area contributed by atoms with Crippen LogP contribution in [0.25, 0.3) is 0 Å². The molecule has 1 atom stereocenters. The number of thioether (sulfide) groups is 1. The molecule has 0 amide bonds. The van der Waals surface area contributed by atoms with Crippen molar-refractivity contribution in [3.05, 3.63) is 24.3 Å². The van der Waals surface area contributed by atoms with Crippen molar-refractivity contribution < 1.29 is 14.3 Å². The maximum Gasteiger partial charge on any atom is 0.322 e. The first-order chi connectivity index (χ1) is 8.17. The molecule has 1 rings (SSSR count). The smallest absolute Gasteiger partial charge is 0.322 e. The van der Waals surface area contributed by atoms with Crippen LogP contribution in [0.1, 0.15) is 6.42 Å². The number of carbonyl (C=O) groups excluding carboxylic acids is 1. The van der Waals surface area contributed by atoms with Crippen molar-refractivity contribution in [3.63, 3.8) is 0 Å². The number of methoxy groups -OCH3 is 2. The predicted molar refractivity (Wildman–Crippen MR) is 68.3 cm³/mol. The highest BCUT2D eigenvalue weighted by atomic mass is 32.2. The van der Waals surface area contributed by atoms with Crippen LogP contribution in [0.2, 0.25) is 0 Å². The topological polar surface area (TPSA) is 61.5 Å². The molecule has 0 aromatic heterocycles. The Morgan fingerprint density at radius 3 is 2.88 bits per heavy atom. The van der Waals surface area contributed by atoms with Crippen LogP contribution in [-0.2, 0) is 9.53 Å². The fourth-order valence-corrected chi connectivity index (χ4v) is 2.25. The summed E-state index contributed by atoms with van der Waals surface area (Å²) in [7, 11) is 2.98. The number of rotatable bonds is 6. The van der Waals surface area contributed by atoms with Gasteiger partial charge in [0.2, 0.25) is 0 Å². The molecule has 5 heteroatoms. The zero-order valence-corrected chi connectivity index (χ0v) is 10.8. The third-order valence-electron chi connectivity index (χ3n) is 2.24. The SMILES string of the molecule is COC(=O)C(N)CCSc1cccc(OC)c1. The lowest BCUT2D eigenvalue weighted by Gasteiger charge is -2.09. The highest BCUT2D eigenvalue weighted by Crippen LogP contribution is 2.23. The Morgan fingerprint density at radius 2 is 2.24 bits per heavy atom. The van der Waals surface area contributed by atoms with Crippen molar-refractivity contribution in [1.82, 2.24) is 0 Å². The first kappa shape index (κ1) is 13.9. The minimum absolute atomic E-state index is 0.365. The number of ether oxygens (including phenoxy) is 2. The van der Waals surface area contributed by atoms with E-state index in [2.05, 4.69) is 4.74 Å². The summed E-state index contributed by atoms with van der Waals surface area (Å²) in [6.45, 7) is 0. The van der Waals surface area contributed by atoms with Gasteiger partial charge in [-0.3, -0.25) is 4.79 Å². The molecule has 0 spiro atoms. The normalized spacial score (nSPS) is 11.9. The minimum atomic E-state index is -0.543. The van der Waals surface area contributed by atoms with Crippen molar-refractivity contribution >= 4 is 17.7 Å². The number of esters is 1. The molecule has 0 saturated carbocycles. The van der Waals surface area contributed by atoms with Gasteiger partial charge in [0.15, 0.2) is 0 Å². The Kier molecular flexibility index (Phi) is 5.86. The fourth-order valence-electron chi connectivity index (χ4n) is 1.26. The zero-order valence-electron chi connectivity index (χ0n) is 10.0. The van der Waals surface area contributed by atoms with Gasteiger partial charge in [-0.15, -0.1) is 11.8 Å². The lowest BCUT2D eigenvalue weighted by Crippen LogP contribution is -2.31. The Bertz CT molecular complexity index is 371. The van der Waals surface area contributed by atoms with E-state index in [1.165, 1.54) is 7.11 Å². The third kappa shape index (κ3) is 4.66. The average Bonchev–Trinajstić information content (AvgIpc) is 2.37. The van der Waals surface area contributed by atoms with Crippen molar-refractivity contribution in [2.24, 2.45) is 5.73 Å². The van der Waals surface area contributed by atoms with Crippen molar-refractivity contribution in [1.29, 1.82) is 0 Å². The van der Waals surface area contributed by atoms with E-state index in [0.717, 1.165) is 16.4 Å². The van der Waals surface area contributed by atoms with E-state index < -0.39 is 6.04 Å². The fraction of sp³-hybridized carbons (Fsp3) is 0.417. The van der Waals surface area contributed by atoms with Crippen LogP contribution in [-0.4, -0.2) is 32.0 Å². The van der Waals surface area contributed by atoms with Crippen molar-refractivity contribution in [2.75, 3.05) is 20.0 Å². The molecular weight excluding hydrogens is 238 g/mol.